The largest absolute Gasteiger partial charge is 0.357 e. The van der Waals surface area contributed by atoms with Crippen LogP contribution in [0, 0.1) is 0 Å². The first kappa shape index (κ1) is 15.1. The molecular weight excluding hydrogens is 310 g/mol. The number of rotatable bonds is 3. The van der Waals surface area contributed by atoms with Crippen molar-refractivity contribution in [2.24, 2.45) is 0 Å². The Hall–Kier alpha value is -2.45. The van der Waals surface area contributed by atoms with Gasteiger partial charge in [-0.1, -0.05) is 72.8 Å². The molecule has 1 aliphatic rings. The summed E-state index contributed by atoms with van der Waals surface area (Å²) in [6, 6.07) is 25.4. The molecule has 1 aliphatic heterocycles. The van der Waals surface area contributed by atoms with Crippen molar-refractivity contribution in [2.75, 3.05) is 0 Å². The molecule has 24 heavy (non-hydrogen) atoms. The number of hydrogen-bond donors (Lipinski definition) is 1. The second-order valence-electron chi connectivity index (χ2n) is 5.95. The molecule has 0 unspecified atom stereocenters. The van der Waals surface area contributed by atoms with E-state index in [1.54, 1.807) is 0 Å². The molecule has 1 nitrogen and oxygen atoms in total. The van der Waals surface area contributed by atoms with Crippen molar-refractivity contribution in [3.63, 3.8) is 0 Å². The summed E-state index contributed by atoms with van der Waals surface area (Å²) < 4.78 is 0. The summed E-state index contributed by atoms with van der Waals surface area (Å²) in [6.45, 7) is 2.20. The van der Waals surface area contributed by atoms with Gasteiger partial charge >= 0.3 is 0 Å². The van der Waals surface area contributed by atoms with Gasteiger partial charge in [0.25, 0.3) is 0 Å². The summed E-state index contributed by atoms with van der Waals surface area (Å²) in [4.78, 5) is 4.93. The molecule has 0 saturated carbocycles. The average Bonchev–Trinajstić information content (AvgIpc) is 3.32. The summed E-state index contributed by atoms with van der Waals surface area (Å²) in [7, 11) is 0. The van der Waals surface area contributed by atoms with E-state index >= 15 is 0 Å². The number of nitrogens with one attached hydrogen (secondary N) is 1. The van der Waals surface area contributed by atoms with E-state index in [0.29, 0.717) is 5.25 Å². The molecule has 118 valence electrons. The van der Waals surface area contributed by atoms with E-state index in [0.717, 1.165) is 0 Å². The van der Waals surface area contributed by atoms with E-state index in [-0.39, 0.29) is 0 Å². The molecule has 2 heteroatoms. The van der Waals surface area contributed by atoms with Crippen LogP contribution in [0.5, 0.6) is 0 Å². The van der Waals surface area contributed by atoms with E-state index < -0.39 is 0 Å². The third-order valence-corrected chi connectivity index (χ3v) is 5.71. The molecule has 0 bridgehead atoms. The quantitative estimate of drug-likeness (QED) is 0.583. The summed E-state index contributed by atoms with van der Waals surface area (Å²) in [5, 5.41) is 0.358. The number of allylic oxidation sites excluding steroid dienone is 2. The predicted molar refractivity (Wildman–Crippen MR) is 105 cm³/mol. The van der Waals surface area contributed by atoms with Crippen LogP contribution in [0.3, 0.4) is 0 Å². The molecule has 4 rings (SSSR count). The zero-order valence-corrected chi connectivity index (χ0v) is 14.4. The van der Waals surface area contributed by atoms with E-state index in [4.69, 9.17) is 0 Å². The van der Waals surface area contributed by atoms with Gasteiger partial charge in [0.15, 0.2) is 0 Å². The zero-order chi connectivity index (χ0) is 16.4. The Labute approximate surface area is 147 Å². The van der Waals surface area contributed by atoms with E-state index in [1.165, 1.54) is 33.0 Å². The molecule has 0 amide bonds. The van der Waals surface area contributed by atoms with Gasteiger partial charge in [-0.05, 0) is 35.8 Å². The van der Waals surface area contributed by atoms with Crippen molar-refractivity contribution in [1.29, 1.82) is 0 Å². The van der Waals surface area contributed by atoms with E-state index in [1.807, 2.05) is 17.8 Å². The first-order valence-corrected chi connectivity index (χ1v) is 9.05. The van der Waals surface area contributed by atoms with Crippen molar-refractivity contribution in [3.05, 3.63) is 101 Å². The van der Waals surface area contributed by atoms with Crippen LogP contribution < -0.4 is 0 Å². The number of hydrogen-bond acceptors (Lipinski definition) is 1. The molecule has 1 atom stereocenters. The van der Waals surface area contributed by atoms with Crippen LogP contribution in [0.15, 0.2) is 89.9 Å². The lowest BCUT2D eigenvalue weighted by Gasteiger charge is -2.08. The maximum absolute atomic E-state index is 3.58. The van der Waals surface area contributed by atoms with Crippen molar-refractivity contribution in [1.82, 2.24) is 4.98 Å². The second-order valence-corrected chi connectivity index (χ2v) is 7.13. The molecule has 3 aromatic rings. The third-order valence-electron chi connectivity index (χ3n) is 4.35. The van der Waals surface area contributed by atoms with Gasteiger partial charge in [-0.25, -0.2) is 0 Å². The van der Waals surface area contributed by atoms with Crippen LogP contribution in [0.1, 0.15) is 23.4 Å². The lowest BCUT2D eigenvalue weighted by Crippen LogP contribution is -1.88. The summed E-state index contributed by atoms with van der Waals surface area (Å²) in [6.07, 6.45) is 4.54. The average molecular weight is 329 g/mol. The molecule has 2 heterocycles. The van der Waals surface area contributed by atoms with Crippen LogP contribution in [0.2, 0.25) is 0 Å². The summed E-state index contributed by atoms with van der Waals surface area (Å²) in [5.74, 6) is 0. The minimum atomic E-state index is 0.358. The molecule has 2 aromatic carbocycles. The molecule has 0 saturated heterocycles. The minimum Gasteiger partial charge on any atom is -0.357 e. The maximum Gasteiger partial charge on any atom is 0.0678 e. The van der Waals surface area contributed by atoms with Crippen molar-refractivity contribution in [3.8, 4) is 11.3 Å². The van der Waals surface area contributed by atoms with Gasteiger partial charge in [-0.3, -0.25) is 0 Å². The smallest absolute Gasteiger partial charge is 0.0678 e. The van der Waals surface area contributed by atoms with Gasteiger partial charge in [-0.2, -0.15) is 0 Å². The maximum atomic E-state index is 3.58. The van der Waals surface area contributed by atoms with E-state index in [2.05, 4.69) is 90.8 Å². The Bertz CT molecular complexity index is 888. The molecule has 0 spiro atoms. The highest BCUT2D eigenvalue weighted by atomic mass is 32.2. The Kier molecular flexibility index (Phi) is 4.14. The lowest BCUT2D eigenvalue weighted by atomic mass is 10.1. The fourth-order valence-electron chi connectivity index (χ4n) is 2.97. The molecule has 0 fully saturated rings. The van der Waals surface area contributed by atoms with Crippen molar-refractivity contribution >= 4 is 17.3 Å². The number of aromatic amines is 1. The second kappa shape index (κ2) is 6.58. The Morgan fingerprint density at radius 1 is 0.875 bits per heavy atom. The topological polar surface area (TPSA) is 15.8 Å². The van der Waals surface area contributed by atoms with Crippen LogP contribution in [0.4, 0.5) is 0 Å². The summed E-state index contributed by atoms with van der Waals surface area (Å²) >= 11 is 1.91. The number of H-pyrrole nitrogens is 1. The molecule has 1 aromatic heterocycles. The van der Waals surface area contributed by atoms with Crippen molar-refractivity contribution in [2.45, 2.75) is 12.2 Å². The fourth-order valence-corrected chi connectivity index (χ4v) is 4.11. The highest BCUT2D eigenvalue weighted by molar-refractivity contribution is 8.04. The third kappa shape index (κ3) is 2.98. The zero-order valence-electron chi connectivity index (χ0n) is 13.6. The SMILES string of the molecule is C/C(=C1\C=C[C@H](c2ccc(-c3ccccc3)[nH]2)S1)c1ccccc1. The van der Waals surface area contributed by atoms with Crippen molar-refractivity contribution < 1.29 is 0 Å². The Balaban J connectivity index is 1.56. The molecule has 0 aliphatic carbocycles. The first-order valence-electron chi connectivity index (χ1n) is 8.17. The normalized spacial score (nSPS) is 18.8. The van der Waals surface area contributed by atoms with Gasteiger partial charge in [0, 0.05) is 16.3 Å². The van der Waals surface area contributed by atoms with Crippen LogP contribution in [0.25, 0.3) is 16.8 Å². The Morgan fingerprint density at radius 3 is 2.33 bits per heavy atom. The van der Waals surface area contributed by atoms with Gasteiger partial charge in [0.2, 0.25) is 0 Å². The predicted octanol–water partition coefficient (Wildman–Crippen LogP) is 6.46. The van der Waals surface area contributed by atoms with Crippen LogP contribution in [-0.2, 0) is 0 Å². The van der Waals surface area contributed by atoms with Crippen LogP contribution in [-0.4, -0.2) is 4.98 Å². The monoisotopic (exact) mass is 329 g/mol. The number of aromatic nitrogens is 1. The number of thioether (sulfide) groups is 1. The van der Waals surface area contributed by atoms with Gasteiger partial charge in [-0.15, -0.1) is 11.8 Å². The Morgan fingerprint density at radius 2 is 1.58 bits per heavy atom. The van der Waals surface area contributed by atoms with Gasteiger partial charge < -0.3 is 4.98 Å². The minimum absolute atomic E-state index is 0.358. The molecular formula is C22H19NS. The number of benzene rings is 2. The van der Waals surface area contributed by atoms with Gasteiger partial charge in [0.05, 0.1) is 5.25 Å². The highest BCUT2D eigenvalue weighted by Crippen LogP contribution is 2.45. The lowest BCUT2D eigenvalue weighted by molar-refractivity contribution is 1.14. The molecule has 1 N–H and O–H groups in total. The first-order chi connectivity index (χ1) is 11.8. The highest BCUT2D eigenvalue weighted by Gasteiger charge is 2.19. The summed E-state index contributed by atoms with van der Waals surface area (Å²) in [5.41, 5.74) is 6.30. The molecule has 0 radical (unpaired) electrons. The van der Waals surface area contributed by atoms with Crippen LogP contribution >= 0.6 is 11.8 Å². The van der Waals surface area contributed by atoms with Gasteiger partial charge in [0.1, 0.15) is 0 Å². The fraction of sp³-hybridized carbons (Fsp3) is 0.0909. The van der Waals surface area contributed by atoms with E-state index in [9.17, 15) is 0 Å². The standard InChI is InChI=1S/C22H19NS/c1-16(17-8-4-2-5-9-17)21-14-15-22(24-21)20-13-12-19(23-20)18-10-6-3-7-11-18/h2-15,22-23H,1H3/b21-16-/t22-/m1/s1.